The van der Waals surface area contributed by atoms with Gasteiger partial charge in [0.25, 0.3) is 0 Å². The molecule has 1 fully saturated rings. The Morgan fingerprint density at radius 3 is 2.71 bits per heavy atom. The van der Waals surface area contributed by atoms with Crippen molar-refractivity contribution in [2.75, 3.05) is 6.54 Å². The number of aliphatic carboxylic acids is 1. The van der Waals surface area contributed by atoms with E-state index in [1.54, 1.807) is 11.3 Å². The third-order valence-electron chi connectivity index (χ3n) is 2.90. The van der Waals surface area contributed by atoms with Gasteiger partial charge >= 0.3 is 12.0 Å². The second-order valence-electron chi connectivity index (χ2n) is 4.20. The van der Waals surface area contributed by atoms with Crippen LogP contribution in [0.15, 0.2) is 17.5 Å². The summed E-state index contributed by atoms with van der Waals surface area (Å²) in [5.74, 6) is -0.823. The smallest absolute Gasteiger partial charge is 0.315 e. The Labute approximate surface area is 103 Å². The predicted molar refractivity (Wildman–Crippen MR) is 63.9 cm³/mol. The van der Waals surface area contributed by atoms with E-state index in [4.69, 9.17) is 5.11 Å². The van der Waals surface area contributed by atoms with Gasteiger partial charge in [0, 0.05) is 11.4 Å². The molecule has 3 N–H and O–H groups in total. The van der Waals surface area contributed by atoms with Crippen molar-refractivity contribution in [1.82, 2.24) is 10.6 Å². The Morgan fingerprint density at radius 2 is 2.18 bits per heavy atom. The van der Waals surface area contributed by atoms with Gasteiger partial charge in [0.05, 0.1) is 12.0 Å². The van der Waals surface area contributed by atoms with Gasteiger partial charge in [-0.05, 0) is 24.3 Å². The molecule has 1 aliphatic carbocycles. The molecular formula is C11H14N2O3S. The van der Waals surface area contributed by atoms with Crippen molar-refractivity contribution in [3.8, 4) is 0 Å². The van der Waals surface area contributed by atoms with Crippen LogP contribution in [0, 0.1) is 5.41 Å². The lowest BCUT2D eigenvalue weighted by atomic mass is 10.1. The molecule has 5 nitrogen and oxygen atoms in total. The number of carboxylic acid groups (broad SMARTS) is 1. The summed E-state index contributed by atoms with van der Waals surface area (Å²) >= 11 is 1.57. The maximum Gasteiger partial charge on any atom is 0.315 e. The minimum atomic E-state index is -0.823. The number of carbonyl (C=O) groups is 2. The van der Waals surface area contributed by atoms with Crippen LogP contribution in [0.5, 0.6) is 0 Å². The summed E-state index contributed by atoms with van der Waals surface area (Å²) < 4.78 is 0. The van der Waals surface area contributed by atoms with Gasteiger partial charge in [-0.25, -0.2) is 4.79 Å². The number of hydrogen-bond acceptors (Lipinski definition) is 3. The SMILES string of the molecule is O=C(NCc1cccs1)NCC1(C(=O)O)CC1. The largest absolute Gasteiger partial charge is 0.481 e. The topological polar surface area (TPSA) is 78.4 Å². The molecule has 0 saturated heterocycles. The van der Waals surface area contributed by atoms with E-state index in [0.29, 0.717) is 19.4 Å². The maximum absolute atomic E-state index is 11.4. The highest BCUT2D eigenvalue weighted by Gasteiger charge is 2.50. The van der Waals surface area contributed by atoms with E-state index >= 15 is 0 Å². The highest BCUT2D eigenvalue weighted by atomic mass is 32.1. The zero-order valence-electron chi connectivity index (χ0n) is 9.23. The molecule has 0 aromatic carbocycles. The van der Waals surface area contributed by atoms with Crippen LogP contribution >= 0.6 is 11.3 Å². The summed E-state index contributed by atoms with van der Waals surface area (Å²) in [5, 5.41) is 16.2. The average Bonchev–Trinajstić information content (AvgIpc) is 2.93. The third-order valence-corrected chi connectivity index (χ3v) is 3.77. The number of urea groups is 1. The van der Waals surface area contributed by atoms with Crippen molar-refractivity contribution in [3.63, 3.8) is 0 Å². The first-order chi connectivity index (χ1) is 8.12. The van der Waals surface area contributed by atoms with Crippen LogP contribution in [0.4, 0.5) is 4.79 Å². The minimum Gasteiger partial charge on any atom is -0.481 e. The van der Waals surface area contributed by atoms with Crippen LogP contribution in [0.1, 0.15) is 17.7 Å². The lowest BCUT2D eigenvalue weighted by Crippen LogP contribution is -2.40. The fourth-order valence-corrected chi connectivity index (χ4v) is 2.15. The molecule has 2 amide bonds. The van der Waals surface area contributed by atoms with E-state index in [2.05, 4.69) is 10.6 Å². The van der Waals surface area contributed by atoms with Crippen LogP contribution in [-0.4, -0.2) is 23.7 Å². The van der Waals surface area contributed by atoms with Gasteiger partial charge in [0.2, 0.25) is 0 Å². The standard InChI is InChI=1S/C11H14N2O3S/c14-9(15)11(3-4-11)7-13-10(16)12-6-8-2-1-5-17-8/h1-2,5H,3-4,6-7H2,(H,14,15)(H2,12,13,16). The van der Waals surface area contributed by atoms with Crippen LogP contribution in [0.2, 0.25) is 0 Å². The summed E-state index contributed by atoms with van der Waals surface area (Å²) in [7, 11) is 0. The summed E-state index contributed by atoms with van der Waals surface area (Å²) in [6.45, 7) is 0.683. The molecule has 1 aromatic rings. The maximum atomic E-state index is 11.4. The zero-order chi connectivity index (χ0) is 12.3. The van der Waals surface area contributed by atoms with E-state index in [0.717, 1.165) is 4.88 Å². The third kappa shape index (κ3) is 2.97. The molecule has 0 radical (unpaired) electrons. The van der Waals surface area contributed by atoms with Gasteiger partial charge in [0.15, 0.2) is 0 Å². The Morgan fingerprint density at radius 1 is 1.41 bits per heavy atom. The molecule has 0 aliphatic heterocycles. The molecule has 0 unspecified atom stereocenters. The van der Waals surface area contributed by atoms with Gasteiger partial charge in [-0.2, -0.15) is 0 Å². The van der Waals surface area contributed by atoms with Gasteiger partial charge < -0.3 is 15.7 Å². The first-order valence-electron chi connectivity index (χ1n) is 5.40. The molecule has 0 bridgehead atoms. The lowest BCUT2D eigenvalue weighted by molar-refractivity contribution is -0.143. The molecule has 92 valence electrons. The molecule has 0 atom stereocenters. The number of amides is 2. The normalized spacial score (nSPS) is 16.2. The van der Waals surface area contributed by atoms with E-state index in [1.165, 1.54) is 0 Å². The Balaban J connectivity index is 1.70. The van der Waals surface area contributed by atoms with Crippen LogP contribution in [0.25, 0.3) is 0 Å². The summed E-state index contributed by atoms with van der Waals surface area (Å²) in [4.78, 5) is 23.4. The molecular weight excluding hydrogens is 240 g/mol. The molecule has 17 heavy (non-hydrogen) atoms. The fraction of sp³-hybridized carbons (Fsp3) is 0.455. The number of hydrogen-bond donors (Lipinski definition) is 3. The lowest BCUT2D eigenvalue weighted by Gasteiger charge is -2.11. The molecule has 2 rings (SSSR count). The van der Waals surface area contributed by atoms with E-state index in [9.17, 15) is 9.59 Å². The second kappa shape index (κ2) is 4.75. The molecule has 1 heterocycles. The van der Waals surface area contributed by atoms with Crippen LogP contribution < -0.4 is 10.6 Å². The number of carboxylic acids is 1. The first kappa shape index (κ1) is 11.9. The zero-order valence-corrected chi connectivity index (χ0v) is 10.0. The molecule has 1 saturated carbocycles. The number of nitrogens with one attached hydrogen (secondary N) is 2. The van der Waals surface area contributed by atoms with Crippen molar-refractivity contribution in [2.45, 2.75) is 19.4 Å². The van der Waals surface area contributed by atoms with E-state index in [-0.39, 0.29) is 12.6 Å². The van der Waals surface area contributed by atoms with Crippen LogP contribution in [-0.2, 0) is 11.3 Å². The second-order valence-corrected chi connectivity index (χ2v) is 5.23. The first-order valence-corrected chi connectivity index (χ1v) is 6.28. The van der Waals surface area contributed by atoms with Crippen molar-refractivity contribution in [1.29, 1.82) is 0 Å². The highest BCUT2D eigenvalue weighted by molar-refractivity contribution is 7.09. The van der Waals surface area contributed by atoms with Crippen molar-refractivity contribution < 1.29 is 14.7 Å². The summed E-state index contributed by atoms with van der Waals surface area (Å²) in [6, 6.07) is 3.54. The van der Waals surface area contributed by atoms with Crippen LogP contribution in [0.3, 0.4) is 0 Å². The molecule has 0 spiro atoms. The van der Waals surface area contributed by atoms with E-state index in [1.807, 2.05) is 17.5 Å². The van der Waals surface area contributed by atoms with Crippen molar-refractivity contribution in [3.05, 3.63) is 22.4 Å². The quantitative estimate of drug-likeness (QED) is 0.743. The van der Waals surface area contributed by atoms with Crippen molar-refractivity contribution >= 4 is 23.3 Å². The molecule has 1 aromatic heterocycles. The summed E-state index contributed by atoms with van der Waals surface area (Å²) in [5.41, 5.74) is -0.708. The molecule has 1 aliphatic rings. The van der Waals surface area contributed by atoms with Gasteiger partial charge in [-0.15, -0.1) is 11.3 Å². The Hall–Kier alpha value is -1.56. The predicted octanol–water partition coefficient (Wildman–Crippen LogP) is 1.41. The minimum absolute atomic E-state index is 0.207. The Kier molecular flexibility index (Phi) is 3.33. The van der Waals surface area contributed by atoms with Gasteiger partial charge in [0.1, 0.15) is 0 Å². The number of rotatable bonds is 5. The van der Waals surface area contributed by atoms with Crippen molar-refractivity contribution in [2.24, 2.45) is 5.41 Å². The fourth-order valence-electron chi connectivity index (χ4n) is 1.51. The summed E-state index contributed by atoms with van der Waals surface area (Å²) in [6.07, 6.45) is 1.29. The highest BCUT2D eigenvalue weighted by Crippen LogP contribution is 2.45. The van der Waals surface area contributed by atoms with E-state index < -0.39 is 11.4 Å². The average molecular weight is 254 g/mol. The number of carbonyl (C=O) groups excluding carboxylic acids is 1. The Bertz CT molecular complexity index is 412. The monoisotopic (exact) mass is 254 g/mol. The number of thiophene rings is 1. The van der Waals surface area contributed by atoms with Gasteiger partial charge in [-0.3, -0.25) is 4.79 Å². The molecule has 6 heteroatoms. The van der Waals surface area contributed by atoms with Gasteiger partial charge in [-0.1, -0.05) is 6.07 Å².